The fourth-order valence-electron chi connectivity index (χ4n) is 6.54. The van der Waals surface area contributed by atoms with Gasteiger partial charge in [-0.3, -0.25) is 4.79 Å². The van der Waals surface area contributed by atoms with Crippen LogP contribution >= 0.6 is 11.6 Å². The van der Waals surface area contributed by atoms with Gasteiger partial charge in [0.15, 0.2) is 17.3 Å². The predicted molar refractivity (Wildman–Crippen MR) is 195 cm³/mol. The number of benzene rings is 3. The van der Waals surface area contributed by atoms with E-state index in [0.717, 1.165) is 12.2 Å². The van der Waals surface area contributed by atoms with Gasteiger partial charge < -0.3 is 34.3 Å². The SMILES string of the molecule is CCc1c(C)c(OC(=O)c2c(C)c(C)c(OC(=O)[C@@]3(O)C(C)=CC(=O)C=C3OC)c(Cl)c2O)cc(C)c1C(=O)Oc1c(C)c(C)c(C(=O)O)c(C)c1C. The second kappa shape index (κ2) is 14.9. The minimum atomic E-state index is -2.47. The van der Waals surface area contributed by atoms with Crippen molar-refractivity contribution in [2.45, 2.75) is 81.3 Å². The number of ketones is 1. The van der Waals surface area contributed by atoms with Gasteiger partial charge in [0.2, 0.25) is 5.60 Å². The number of aliphatic hydroxyl groups is 1. The molecule has 0 amide bonds. The maximum absolute atomic E-state index is 13.8. The molecule has 3 aromatic rings. The topological polar surface area (TPSA) is 183 Å². The third kappa shape index (κ3) is 6.80. The summed E-state index contributed by atoms with van der Waals surface area (Å²) in [5, 5.41) is 31.6. The lowest BCUT2D eigenvalue weighted by Gasteiger charge is -2.30. The lowest BCUT2D eigenvalue weighted by Crippen LogP contribution is -2.47. The van der Waals surface area contributed by atoms with E-state index in [4.69, 9.17) is 30.5 Å². The Labute approximate surface area is 311 Å². The number of aromatic carboxylic acids is 1. The van der Waals surface area contributed by atoms with E-state index in [0.29, 0.717) is 45.4 Å². The molecular weight excluding hydrogens is 708 g/mol. The number of carboxylic acids is 1. The lowest BCUT2D eigenvalue weighted by molar-refractivity contribution is -0.151. The lowest BCUT2D eigenvalue weighted by atomic mass is 9.87. The maximum atomic E-state index is 13.8. The van der Waals surface area contributed by atoms with Crippen LogP contribution in [0, 0.1) is 55.4 Å². The van der Waals surface area contributed by atoms with Crippen molar-refractivity contribution in [3.8, 4) is 23.0 Å². The van der Waals surface area contributed by atoms with Crippen molar-refractivity contribution >= 4 is 41.3 Å². The number of carboxylic acid groups (broad SMARTS) is 1. The Morgan fingerprint density at radius 2 is 1.26 bits per heavy atom. The molecule has 3 aromatic carbocycles. The highest BCUT2D eigenvalue weighted by Gasteiger charge is 2.48. The standard InChI is InChI=1S/C40H41ClO12/c1-12-26-24(10)27(13-16(2)29(26)37(46)52-34-21(7)18(4)30(36(44)45)19(5)22(34)8)51-38(47)31-20(6)23(9)35(32(41)33(31)43)53-39(48)40(49)17(3)14-25(42)15-28(40)50-11/h13-15,43,49H,12H2,1-11H3,(H,44,45)/t40-/m1/s1. The van der Waals surface area contributed by atoms with Crippen molar-refractivity contribution in [3.05, 3.63) is 101 Å². The van der Waals surface area contributed by atoms with Crippen LogP contribution in [0.3, 0.4) is 0 Å². The van der Waals surface area contributed by atoms with Crippen molar-refractivity contribution in [1.29, 1.82) is 0 Å². The number of hydrogen-bond acceptors (Lipinski definition) is 11. The number of allylic oxidation sites excluding steroid dienone is 2. The van der Waals surface area contributed by atoms with Crippen LogP contribution in [-0.2, 0) is 20.7 Å². The summed E-state index contributed by atoms with van der Waals surface area (Å²) in [4.78, 5) is 64.7. The van der Waals surface area contributed by atoms with E-state index in [2.05, 4.69) is 0 Å². The predicted octanol–water partition coefficient (Wildman–Crippen LogP) is 6.91. The average molecular weight is 749 g/mol. The number of ether oxygens (including phenoxy) is 4. The number of carbonyl (C=O) groups excluding carboxylic acids is 4. The zero-order chi connectivity index (χ0) is 40.0. The van der Waals surface area contributed by atoms with E-state index in [9.17, 15) is 39.3 Å². The van der Waals surface area contributed by atoms with Crippen LogP contribution in [0.2, 0.25) is 5.02 Å². The van der Waals surface area contributed by atoms with E-state index in [1.165, 1.54) is 33.9 Å². The zero-order valence-corrected chi connectivity index (χ0v) is 32.1. The van der Waals surface area contributed by atoms with Crippen LogP contribution in [0.4, 0.5) is 0 Å². The molecule has 0 saturated carbocycles. The smallest absolute Gasteiger partial charge is 0.356 e. The van der Waals surface area contributed by atoms with Gasteiger partial charge >= 0.3 is 23.9 Å². The van der Waals surface area contributed by atoms with E-state index >= 15 is 0 Å². The Hall–Kier alpha value is -5.46. The Bertz CT molecular complexity index is 2150. The van der Waals surface area contributed by atoms with Crippen molar-refractivity contribution < 1.29 is 58.2 Å². The minimum absolute atomic E-state index is 0.0667. The molecule has 0 fully saturated rings. The minimum Gasteiger partial charge on any atom is -0.505 e. The largest absolute Gasteiger partial charge is 0.505 e. The first-order valence-electron chi connectivity index (χ1n) is 16.5. The van der Waals surface area contributed by atoms with Crippen molar-refractivity contribution in [3.63, 3.8) is 0 Å². The molecule has 12 nitrogen and oxygen atoms in total. The number of methoxy groups -OCH3 is 1. The number of carbonyl (C=O) groups is 5. The molecule has 0 spiro atoms. The first-order chi connectivity index (χ1) is 24.6. The molecule has 53 heavy (non-hydrogen) atoms. The highest BCUT2D eigenvalue weighted by atomic mass is 35.5. The molecule has 13 heteroatoms. The van der Waals surface area contributed by atoms with Gasteiger partial charge in [0, 0.05) is 6.08 Å². The van der Waals surface area contributed by atoms with Gasteiger partial charge in [0.05, 0.1) is 18.2 Å². The molecule has 0 aliphatic heterocycles. The summed E-state index contributed by atoms with van der Waals surface area (Å²) in [6.45, 7) is 16.1. The number of phenolic OH excluding ortho intramolecular Hbond substituents is 1. The van der Waals surface area contributed by atoms with Gasteiger partial charge in [-0.25, -0.2) is 19.2 Å². The van der Waals surface area contributed by atoms with E-state index in [-0.39, 0.29) is 56.4 Å². The first-order valence-corrected chi connectivity index (χ1v) is 16.9. The van der Waals surface area contributed by atoms with E-state index in [1.54, 1.807) is 41.5 Å². The summed E-state index contributed by atoms with van der Waals surface area (Å²) in [5.41, 5.74) is 1.31. The van der Waals surface area contributed by atoms with Gasteiger partial charge in [-0.05, 0) is 137 Å². The molecule has 1 aliphatic rings. The number of rotatable bonds is 9. The normalized spacial score (nSPS) is 15.4. The van der Waals surface area contributed by atoms with Gasteiger partial charge in [-0.2, -0.15) is 0 Å². The Morgan fingerprint density at radius 1 is 0.736 bits per heavy atom. The van der Waals surface area contributed by atoms with E-state index < -0.39 is 46.0 Å². The molecule has 3 N–H and O–H groups in total. The van der Waals surface area contributed by atoms with Crippen LogP contribution in [0.25, 0.3) is 0 Å². The second-order valence-electron chi connectivity index (χ2n) is 13.0. The molecule has 0 aromatic heterocycles. The molecule has 0 saturated heterocycles. The Kier molecular flexibility index (Phi) is 11.3. The number of esters is 3. The van der Waals surface area contributed by atoms with Crippen LogP contribution in [0.5, 0.6) is 23.0 Å². The fourth-order valence-corrected chi connectivity index (χ4v) is 6.82. The highest BCUT2D eigenvalue weighted by molar-refractivity contribution is 6.34. The van der Waals surface area contributed by atoms with Crippen LogP contribution in [0.1, 0.15) is 95.0 Å². The molecule has 1 atom stereocenters. The summed E-state index contributed by atoms with van der Waals surface area (Å²) in [6, 6.07) is 1.50. The molecule has 0 radical (unpaired) electrons. The highest BCUT2D eigenvalue weighted by Crippen LogP contribution is 2.44. The third-order valence-electron chi connectivity index (χ3n) is 9.99. The van der Waals surface area contributed by atoms with Gasteiger partial charge in [-0.1, -0.05) is 18.5 Å². The zero-order valence-electron chi connectivity index (χ0n) is 31.3. The van der Waals surface area contributed by atoms with Crippen molar-refractivity contribution in [2.24, 2.45) is 0 Å². The number of phenols is 1. The third-order valence-corrected chi connectivity index (χ3v) is 10.3. The summed E-state index contributed by atoms with van der Waals surface area (Å²) >= 11 is 6.46. The molecule has 0 bridgehead atoms. The van der Waals surface area contributed by atoms with Crippen molar-refractivity contribution in [1.82, 2.24) is 0 Å². The summed E-state index contributed by atoms with van der Waals surface area (Å²) in [7, 11) is 1.17. The maximum Gasteiger partial charge on any atom is 0.356 e. The average Bonchev–Trinajstić information content (AvgIpc) is 3.09. The molecule has 0 unspecified atom stereocenters. The van der Waals surface area contributed by atoms with Gasteiger partial charge in [0.25, 0.3) is 0 Å². The molecular formula is C40H41ClO12. The molecule has 280 valence electrons. The molecule has 4 rings (SSSR count). The monoisotopic (exact) mass is 748 g/mol. The first kappa shape index (κ1) is 40.3. The number of hydrogen-bond donors (Lipinski definition) is 3. The summed E-state index contributed by atoms with van der Waals surface area (Å²) in [5.74, 6) is -5.61. The fraction of sp³-hybridized carbons (Fsp3) is 0.325. The van der Waals surface area contributed by atoms with Gasteiger partial charge in [0.1, 0.15) is 27.8 Å². The molecule has 1 aliphatic carbocycles. The summed E-state index contributed by atoms with van der Waals surface area (Å²) in [6.07, 6.45) is 2.34. The Balaban J connectivity index is 1.69. The van der Waals surface area contributed by atoms with Crippen molar-refractivity contribution in [2.75, 3.05) is 7.11 Å². The number of aromatic hydroxyl groups is 1. The van der Waals surface area contributed by atoms with Crippen LogP contribution < -0.4 is 14.2 Å². The quantitative estimate of drug-likeness (QED) is 0.152. The van der Waals surface area contributed by atoms with E-state index in [1.807, 2.05) is 6.92 Å². The summed E-state index contributed by atoms with van der Waals surface area (Å²) < 4.78 is 22.3. The Morgan fingerprint density at radius 3 is 1.79 bits per heavy atom. The van der Waals surface area contributed by atoms with Crippen LogP contribution in [-0.4, -0.2) is 57.7 Å². The van der Waals surface area contributed by atoms with Gasteiger partial charge in [-0.15, -0.1) is 0 Å². The second-order valence-corrected chi connectivity index (χ2v) is 13.3. The number of aryl methyl sites for hydroxylation is 1. The number of halogens is 1. The molecule has 0 heterocycles. The van der Waals surface area contributed by atoms with Crippen LogP contribution in [0.15, 0.2) is 29.6 Å².